The zero-order valence-electron chi connectivity index (χ0n) is 16.8. The maximum absolute atomic E-state index is 12.9. The molecule has 4 nitrogen and oxygen atoms in total. The summed E-state index contributed by atoms with van der Waals surface area (Å²) in [6, 6.07) is 2.70. The fourth-order valence-electron chi connectivity index (χ4n) is 3.97. The first kappa shape index (κ1) is 22.9. The summed E-state index contributed by atoms with van der Waals surface area (Å²) in [6.45, 7) is 4.71. The Balaban J connectivity index is 1.59. The van der Waals surface area contributed by atoms with Crippen LogP contribution in [0.2, 0.25) is 10.0 Å². The second-order valence-electron chi connectivity index (χ2n) is 7.77. The van der Waals surface area contributed by atoms with E-state index >= 15 is 0 Å². The molecule has 0 radical (unpaired) electrons. The molecular weight excluding hydrogens is 438 g/mol. The molecule has 1 fully saturated rings. The van der Waals surface area contributed by atoms with E-state index in [4.69, 9.17) is 23.2 Å². The van der Waals surface area contributed by atoms with E-state index in [-0.39, 0.29) is 16.6 Å². The van der Waals surface area contributed by atoms with Gasteiger partial charge in [-0.3, -0.25) is 9.48 Å². The van der Waals surface area contributed by atoms with Crippen LogP contribution in [0.25, 0.3) is 0 Å². The number of halogens is 5. The molecule has 2 aromatic rings. The summed E-state index contributed by atoms with van der Waals surface area (Å²) in [5, 5.41) is 8.09. The van der Waals surface area contributed by atoms with Gasteiger partial charge in [0.05, 0.1) is 32.6 Å². The van der Waals surface area contributed by atoms with Gasteiger partial charge in [0.25, 0.3) is 5.91 Å². The summed E-state index contributed by atoms with van der Waals surface area (Å²) in [7, 11) is 0. The Kier molecular flexibility index (Phi) is 7.02. The van der Waals surface area contributed by atoms with Gasteiger partial charge in [-0.15, -0.1) is 0 Å². The average Bonchev–Trinajstić information content (AvgIpc) is 2.95. The van der Waals surface area contributed by atoms with Gasteiger partial charge in [-0.25, -0.2) is 0 Å². The Morgan fingerprint density at radius 1 is 1.23 bits per heavy atom. The van der Waals surface area contributed by atoms with E-state index in [0.717, 1.165) is 73.3 Å². The van der Waals surface area contributed by atoms with Crippen molar-refractivity contribution in [3.63, 3.8) is 0 Å². The average molecular weight is 462 g/mol. The van der Waals surface area contributed by atoms with E-state index in [9.17, 15) is 18.0 Å². The number of carbonyl (C=O) groups is 1. The molecule has 0 bridgehead atoms. The number of alkyl halides is 3. The highest BCUT2D eigenvalue weighted by Gasteiger charge is 2.32. The number of nitrogens with zero attached hydrogens (tertiary/aromatic N) is 2. The van der Waals surface area contributed by atoms with Gasteiger partial charge in [-0.2, -0.15) is 18.3 Å². The summed E-state index contributed by atoms with van der Waals surface area (Å²) < 4.78 is 40.8. The van der Waals surface area contributed by atoms with Crippen LogP contribution in [0.4, 0.5) is 13.2 Å². The summed E-state index contributed by atoms with van der Waals surface area (Å²) >= 11 is 12.3. The van der Waals surface area contributed by atoms with Gasteiger partial charge in [0.15, 0.2) is 0 Å². The first-order valence-corrected chi connectivity index (χ1v) is 10.7. The van der Waals surface area contributed by atoms with E-state index in [1.807, 2.05) is 18.5 Å². The lowest BCUT2D eigenvalue weighted by Crippen LogP contribution is -2.38. The molecule has 9 heteroatoms. The van der Waals surface area contributed by atoms with Crippen LogP contribution < -0.4 is 5.32 Å². The quantitative estimate of drug-likeness (QED) is 0.587. The largest absolute Gasteiger partial charge is 0.416 e. The number of aryl methyl sites for hydroxylation is 1. The number of carbonyl (C=O) groups excluding carboxylic acids is 1. The Morgan fingerprint density at radius 2 is 1.90 bits per heavy atom. The SMILES string of the molecule is CCc1c(Cl)c(C)nn1C[C@H]1CC[C@H](NC(=O)c2cc(C(F)(F)F)ccc2Cl)CC1. The molecule has 3 rings (SSSR count). The van der Waals surface area contributed by atoms with Gasteiger partial charge in [-0.05, 0) is 63.1 Å². The highest BCUT2D eigenvalue weighted by molar-refractivity contribution is 6.33. The van der Waals surface area contributed by atoms with Gasteiger partial charge >= 0.3 is 6.18 Å². The second-order valence-corrected chi connectivity index (χ2v) is 8.55. The lowest BCUT2D eigenvalue weighted by atomic mass is 9.86. The third-order valence-corrected chi connectivity index (χ3v) is 6.46. The number of hydrogen-bond donors (Lipinski definition) is 1. The fraction of sp³-hybridized carbons (Fsp3) is 0.524. The molecule has 1 amide bonds. The van der Waals surface area contributed by atoms with Crippen LogP contribution in [0.3, 0.4) is 0 Å². The van der Waals surface area contributed by atoms with Crippen molar-refractivity contribution < 1.29 is 18.0 Å². The number of hydrogen-bond acceptors (Lipinski definition) is 2. The van der Waals surface area contributed by atoms with Crippen LogP contribution >= 0.6 is 23.2 Å². The van der Waals surface area contributed by atoms with Crippen molar-refractivity contribution in [3.05, 3.63) is 50.8 Å². The molecule has 1 N–H and O–H groups in total. The first-order chi connectivity index (χ1) is 14.1. The smallest absolute Gasteiger partial charge is 0.349 e. The molecule has 0 atom stereocenters. The lowest BCUT2D eigenvalue weighted by molar-refractivity contribution is -0.137. The van der Waals surface area contributed by atoms with Gasteiger partial charge in [0, 0.05) is 12.6 Å². The normalized spacial score (nSPS) is 19.7. The van der Waals surface area contributed by atoms with Crippen molar-refractivity contribution in [2.24, 2.45) is 5.92 Å². The number of amides is 1. The van der Waals surface area contributed by atoms with E-state index in [1.54, 1.807) is 0 Å². The van der Waals surface area contributed by atoms with Crippen LogP contribution in [0.5, 0.6) is 0 Å². The molecule has 0 unspecified atom stereocenters. The van der Waals surface area contributed by atoms with Gasteiger partial charge in [0.1, 0.15) is 0 Å². The second kappa shape index (κ2) is 9.18. The standard InChI is InChI=1S/C21H24Cl2F3N3O/c1-3-18-19(23)12(2)28-29(18)11-13-4-7-15(8-5-13)27-20(30)16-10-14(21(24,25)26)6-9-17(16)22/h6,9-10,13,15H,3-5,7-8,11H2,1-2H3,(H,27,30)/t13-,15-. The Hall–Kier alpha value is -1.73. The molecule has 30 heavy (non-hydrogen) atoms. The summed E-state index contributed by atoms with van der Waals surface area (Å²) in [4.78, 5) is 12.5. The number of nitrogens with one attached hydrogen (secondary N) is 1. The van der Waals surface area contributed by atoms with Crippen LogP contribution in [-0.4, -0.2) is 21.7 Å². The monoisotopic (exact) mass is 461 g/mol. The minimum atomic E-state index is -4.53. The molecule has 0 spiro atoms. The van der Waals surface area contributed by atoms with Crippen LogP contribution in [0.1, 0.15) is 59.9 Å². The molecule has 1 saturated carbocycles. The highest BCUT2D eigenvalue weighted by Crippen LogP contribution is 2.32. The molecule has 0 saturated heterocycles. The third-order valence-electron chi connectivity index (χ3n) is 5.64. The third kappa shape index (κ3) is 5.11. The van der Waals surface area contributed by atoms with E-state index in [1.165, 1.54) is 0 Å². The van der Waals surface area contributed by atoms with Gasteiger partial charge in [0.2, 0.25) is 0 Å². The van der Waals surface area contributed by atoms with Crippen LogP contribution in [-0.2, 0) is 19.1 Å². The predicted molar refractivity (Wildman–Crippen MR) is 111 cm³/mol. The minimum Gasteiger partial charge on any atom is -0.349 e. The molecule has 1 aromatic carbocycles. The molecule has 1 aromatic heterocycles. The molecule has 1 aliphatic rings. The van der Waals surface area contributed by atoms with Crippen LogP contribution in [0.15, 0.2) is 18.2 Å². The predicted octanol–water partition coefficient (Wildman–Crippen LogP) is 6.07. The number of rotatable bonds is 5. The van der Waals surface area contributed by atoms with Crippen molar-refractivity contribution in [2.75, 3.05) is 0 Å². The van der Waals surface area contributed by atoms with Gasteiger partial charge in [-0.1, -0.05) is 30.1 Å². The van der Waals surface area contributed by atoms with Crippen molar-refractivity contribution in [1.82, 2.24) is 15.1 Å². The summed E-state index contributed by atoms with van der Waals surface area (Å²) in [5.74, 6) is -0.159. The number of benzene rings is 1. The zero-order valence-corrected chi connectivity index (χ0v) is 18.3. The zero-order chi connectivity index (χ0) is 22.1. The Morgan fingerprint density at radius 3 is 2.50 bits per heavy atom. The van der Waals surface area contributed by atoms with Crippen molar-refractivity contribution in [2.45, 2.75) is 64.7 Å². The lowest BCUT2D eigenvalue weighted by Gasteiger charge is -2.29. The number of aromatic nitrogens is 2. The topological polar surface area (TPSA) is 46.9 Å². The first-order valence-electron chi connectivity index (χ1n) is 9.99. The Labute approximate surface area is 183 Å². The fourth-order valence-corrected chi connectivity index (χ4v) is 4.44. The van der Waals surface area contributed by atoms with Crippen molar-refractivity contribution in [3.8, 4) is 0 Å². The molecule has 1 heterocycles. The highest BCUT2D eigenvalue weighted by atomic mass is 35.5. The maximum Gasteiger partial charge on any atom is 0.416 e. The molecule has 1 aliphatic carbocycles. The van der Waals surface area contributed by atoms with E-state index in [2.05, 4.69) is 10.4 Å². The Bertz CT molecular complexity index is 919. The van der Waals surface area contributed by atoms with Gasteiger partial charge < -0.3 is 5.32 Å². The molecule has 0 aliphatic heterocycles. The molecule has 164 valence electrons. The van der Waals surface area contributed by atoms with E-state index in [0.29, 0.717) is 5.92 Å². The summed E-state index contributed by atoms with van der Waals surface area (Å²) in [6.07, 6.45) is -0.432. The molecular formula is C21H24Cl2F3N3O. The van der Waals surface area contributed by atoms with Crippen molar-refractivity contribution in [1.29, 1.82) is 0 Å². The van der Waals surface area contributed by atoms with Crippen molar-refractivity contribution >= 4 is 29.1 Å². The summed E-state index contributed by atoms with van der Waals surface area (Å²) in [5.41, 5.74) is 0.819. The maximum atomic E-state index is 12.9. The van der Waals surface area contributed by atoms with Crippen LogP contribution in [0, 0.1) is 12.8 Å². The van der Waals surface area contributed by atoms with E-state index < -0.39 is 17.6 Å². The minimum absolute atomic E-state index is 0.00668.